The minimum atomic E-state index is -1.34. The molecule has 0 saturated heterocycles. The maximum absolute atomic E-state index is 11.7. The molecule has 0 spiro atoms. The molecule has 4 heteroatoms. The van der Waals surface area contributed by atoms with Gasteiger partial charge in [-0.2, -0.15) is 0 Å². The highest BCUT2D eigenvalue weighted by Gasteiger charge is 2.18. The van der Waals surface area contributed by atoms with Gasteiger partial charge < -0.3 is 9.90 Å². The molecule has 0 bridgehead atoms. The van der Waals surface area contributed by atoms with E-state index in [9.17, 15) is 14.7 Å². The molecule has 1 aromatic rings. The number of carboxylic acids is 1. The first-order valence-electron chi connectivity index (χ1n) is 4.57. The van der Waals surface area contributed by atoms with Crippen LogP contribution < -0.4 is 5.11 Å². The quantitative estimate of drug-likeness (QED) is 0.573. The van der Waals surface area contributed by atoms with Crippen molar-refractivity contribution in [2.45, 2.75) is 13.3 Å². The lowest BCUT2D eigenvalue weighted by atomic mass is 9.95. The third kappa shape index (κ3) is 2.80. The maximum Gasteiger partial charge on any atom is 0.171 e. The van der Waals surface area contributed by atoms with E-state index < -0.39 is 17.7 Å². The third-order valence-corrected chi connectivity index (χ3v) is 2.39. The molecule has 0 radical (unpaired) electrons. The first-order chi connectivity index (χ1) is 7.06. The normalized spacial score (nSPS) is 12.1. The molecule has 80 valence electrons. The summed E-state index contributed by atoms with van der Waals surface area (Å²) in [6.07, 6.45) is 0.226. The zero-order chi connectivity index (χ0) is 11.4. The van der Waals surface area contributed by atoms with Gasteiger partial charge in [0.2, 0.25) is 0 Å². The monoisotopic (exact) mass is 225 g/mol. The Labute approximate surface area is 92.7 Å². The molecule has 0 aromatic heterocycles. The van der Waals surface area contributed by atoms with Crippen LogP contribution in [-0.4, -0.2) is 11.8 Å². The van der Waals surface area contributed by atoms with Gasteiger partial charge in [-0.05, 0) is 30.7 Å². The van der Waals surface area contributed by atoms with E-state index in [0.29, 0.717) is 10.6 Å². The summed E-state index contributed by atoms with van der Waals surface area (Å²) in [7, 11) is 0. The number of Topliss-reactive ketones (excluding diaryl/α,β-unsaturated/α-hetero) is 1. The highest BCUT2D eigenvalue weighted by Crippen LogP contribution is 2.15. The standard InChI is InChI=1S/C11H11ClO3/c1-2-9(11(14)15)10(13)7-3-5-8(12)6-4-7/h3-6,9H,2H2,1H3,(H,14,15)/p-1. The van der Waals surface area contributed by atoms with E-state index in [2.05, 4.69) is 0 Å². The SMILES string of the molecule is CCC(C(=O)[O-])C(=O)c1ccc(Cl)cc1. The van der Waals surface area contributed by atoms with Gasteiger partial charge in [-0.25, -0.2) is 0 Å². The van der Waals surface area contributed by atoms with Crippen molar-refractivity contribution in [2.75, 3.05) is 0 Å². The lowest BCUT2D eigenvalue weighted by molar-refractivity contribution is -0.309. The van der Waals surface area contributed by atoms with E-state index in [1.807, 2.05) is 0 Å². The highest BCUT2D eigenvalue weighted by molar-refractivity contribution is 6.30. The minimum absolute atomic E-state index is 0.226. The molecule has 0 aliphatic heterocycles. The van der Waals surface area contributed by atoms with E-state index in [-0.39, 0.29) is 6.42 Å². The van der Waals surface area contributed by atoms with Crippen molar-refractivity contribution < 1.29 is 14.7 Å². The number of hydrogen-bond acceptors (Lipinski definition) is 3. The lowest BCUT2D eigenvalue weighted by Gasteiger charge is -2.14. The number of rotatable bonds is 4. The van der Waals surface area contributed by atoms with Crippen LogP contribution in [0.2, 0.25) is 5.02 Å². The zero-order valence-corrected chi connectivity index (χ0v) is 8.95. The second-order valence-electron chi connectivity index (χ2n) is 3.15. The van der Waals surface area contributed by atoms with Gasteiger partial charge in [0, 0.05) is 10.6 Å². The van der Waals surface area contributed by atoms with Crippen molar-refractivity contribution in [3.05, 3.63) is 34.9 Å². The molecule has 3 nitrogen and oxygen atoms in total. The Morgan fingerprint density at radius 1 is 1.33 bits per heavy atom. The van der Waals surface area contributed by atoms with Crippen molar-refractivity contribution >= 4 is 23.4 Å². The van der Waals surface area contributed by atoms with Gasteiger partial charge in [-0.1, -0.05) is 18.5 Å². The number of halogens is 1. The predicted molar refractivity (Wildman–Crippen MR) is 54.6 cm³/mol. The van der Waals surface area contributed by atoms with Crippen molar-refractivity contribution in [2.24, 2.45) is 5.92 Å². The van der Waals surface area contributed by atoms with Crippen LogP contribution in [0, 0.1) is 5.92 Å². The maximum atomic E-state index is 11.7. The Kier molecular flexibility index (Phi) is 3.86. The lowest BCUT2D eigenvalue weighted by Crippen LogP contribution is -2.36. The van der Waals surface area contributed by atoms with Crippen molar-refractivity contribution in [1.29, 1.82) is 0 Å². The van der Waals surface area contributed by atoms with Crippen LogP contribution in [0.25, 0.3) is 0 Å². The fraction of sp³-hybridized carbons (Fsp3) is 0.273. The van der Waals surface area contributed by atoms with Crippen LogP contribution in [0.15, 0.2) is 24.3 Å². The van der Waals surface area contributed by atoms with Gasteiger partial charge in [-0.15, -0.1) is 0 Å². The summed E-state index contributed by atoms with van der Waals surface area (Å²) >= 11 is 5.65. The van der Waals surface area contributed by atoms with Crippen LogP contribution in [0.5, 0.6) is 0 Å². The summed E-state index contributed by atoms with van der Waals surface area (Å²) in [5.74, 6) is -2.85. The fourth-order valence-corrected chi connectivity index (χ4v) is 1.40. The summed E-state index contributed by atoms with van der Waals surface area (Å²) in [5.41, 5.74) is 0.343. The molecular weight excluding hydrogens is 216 g/mol. The number of carboxylic acid groups (broad SMARTS) is 1. The fourth-order valence-electron chi connectivity index (χ4n) is 1.27. The Morgan fingerprint density at radius 2 is 1.87 bits per heavy atom. The minimum Gasteiger partial charge on any atom is -0.549 e. The van der Waals surface area contributed by atoms with E-state index in [1.54, 1.807) is 19.1 Å². The average Bonchev–Trinajstić information content (AvgIpc) is 2.19. The molecule has 0 fully saturated rings. The molecule has 0 aliphatic carbocycles. The number of hydrogen-bond donors (Lipinski definition) is 0. The van der Waals surface area contributed by atoms with E-state index >= 15 is 0 Å². The van der Waals surface area contributed by atoms with Gasteiger partial charge in [-0.3, -0.25) is 4.79 Å². The smallest absolute Gasteiger partial charge is 0.171 e. The van der Waals surface area contributed by atoms with E-state index in [1.165, 1.54) is 12.1 Å². The molecule has 1 atom stereocenters. The molecule has 0 saturated carbocycles. The molecule has 1 rings (SSSR count). The second kappa shape index (κ2) is 4.94. The predicted octanol–water partition coefficient (Wildman–Crippen LogP) is 1.30. The summed E-state index contributed by atoms with van der Waals surface area (Å²) in [6.45, 7) is 1.63. The largest absolute Gasteiger partial charge is 0.549 e. The van der Waals surface area contributed by atoms with Gasteiger partial charge >= 0.3 is 0 Å². The van der Waals surface area contributed by atoms with E-state index in [0.717, 1.165) is 0 Å². The average molecular weight is 226 g/mol. The second-order valence-corrected chi connectivity index (χ2v) is 3.59. The molecule has 0 N–H and O–H groups in total. The molecule has 0 aliphatic rings. The van der Waals surface area contributed by atoms with Crippen LogP contribution >= 0.6 is 11.6 Å². The summed E-state index contributed by atoms with van der Waals surface area (Å²) in [6, 6.07) is 6.13. The van der Waals surface area contributed by atoms with Gasteiger partial charge in [0.05, 0.1) is 11.9 Å². The number of aliphatic carboxylic acids is 1. The van der Waals surface area contributed by atoms with Crippen LogP contribution in [0.1, 0.15) is 23.7 Å². The molecular formula is C11H10ClO3-. The number of carbonyl (C=O) groups excluding carboxylic acids is 2. The Bertz CT molecular complexity index is 370. The summed E-state index contributed by atoms with van der Waals surface area (Å²) < 4.78 is 0. The topological polar surface area (TPSA) is 57.2 Å². The Hall–Kier alpha value is -1.35. The van der Waals surface area contributed by atoms with Crippen LogP contribution in [0.4, 0.5) is 0 Å². The molecule has 0 amide bonds. The third-order valence-electron chi connectivity index (χ3n) is 2.14. The summed E-state index contributed by atoms with van der Waals surface area (Å²) in [4.78, 5) is 22.3. The van der Waals surface area contributed by atoms with Crippen molar-refractivity contribution in [3.63, 3.8) is 0 Å². The van der Waals surface area contributed by atoms with Gasteiger partial charge in [0.25, 0.3) is 0 Å². The van der Waals surface area contributed by atoms with Crippen molar-refractivity contribution in [3.8, 4) is 0 Å². The van der Waals surface area contributed by atoms with Crippen molar-refractivity contribution in [1.82, 2.24) is 0 Å². The summed E-state index contributed by atoms with van der Waals surface area (Å²) in [5, 5.41) is 11.2. The number of carbonyl (C=O) groups is 2. The highest BCUT2D eigenvalue weighted by atomic mass is 35.5. The van der Waals surface area contributed by atoms with E-state index in [4.69, 9.17) is 11.6 Å². The molecule has 0 heterocycles. The molecule has 1 aromatic carbocycles. The van der Waals surface area contributed by atoms with Gasteiger partial charge in [0.15, 0.2) is 5.78 Å². The first kappa shape index (κ1) is 11.7. The number of ketones is 1. The first-order valence-corrected chi connectivity index (χ1v) is 4.94. The number of benzene rings is 1. The van der Waals surface area contributed by atoms with Gasteiger partial charge in [0.1, 0.15) is 0 Å². The Morgan fingerprint density at radius 3 is 2.27 bits per heavy atom. The van der Waals surface area contributed by atoms with Crippen LogP contribution in [-0.2, 0) is 4.79 Å². The molecule has 15 heavy (non-hydrogen) atoms. The zero-order valence-electron chi connectivity index (χ0n) is 8.20. The Balaban J connectivity index is 2.93. The van der Waals surface area contributed by atoms with Crippen LogP contribution in [0.3, 0.4) is 0 Å². The molecule has 1 unspecified atom stereocenters.